The Morgan fingerprint density at radius 1 is 1.20 bits per heavy atom. The first-order chi connectivity index (χ1) is 16.9. The Hall–Kier alpha value is -4.13. The van der Waals surface area contributed by atoms with E-state index in [0.29, 0.717) is 5.96 Å². The lowest BCUT2D eigenvalue weighted by atomic mass is 10.0. The molecule has 1 amide bonds. The number of anilines is 2. The number of nitrogens with one attached hydrogen (secondary N) is 3. The highest BCUT2D eigenvalue weighted by molar-refractivity contribution is 6.21. The van der Waals surface area contributed by atoms with E-state index in [2.05, 4.69) is 51.7 Å². The number of amides is 1. The summed E-state index contributed by atoms with van der Waals surface area (Å²) in [5.74, 6) is 0.339. The van der Waals surface area contributed by atoms with E-state index >= 15 is 0 Å². The Kier molecular flexibility index (Phi) is 8.62. The Morgan fingerprint density at radius 2 is 1.91 bits per heavy atom. The third-order valence-corrected chi connectivity index (χ3v) is 5.76. The maximum atomic E-state index is 11.5. The Morgan fingerprint density at radius 3 is 2.54 bits per heavy atom. The number of carbonyl (C=O) groups is 1. The van der Waals surface area contributed by atoms with Crippen molar-refractivity contribution in [2.45, 2.75) is 26.3 Å². The molecule has 7 heteroatoms. The highest BCUT2D eigenvalue weighted by Gasteiger charge is 2.15. The fourth-order valence-corrected chi connectivity index (χ4v) is 3.79. The summed E-state index contributed by atoms with van der Waals surface area (Å²) in [7, 11) is 3.78. The van der Waals surface area contributed by atoms with Crippen molar-refractivity contribution in [2.24, 2.45) is 9.98 Å². The van der Waals surface area contributed by atoms with Crippen LogP contribution in [0.3, 0.4) is 0 Å². The smallest absolute Gasteiger partial charge is 0.247 e. The number of fused-ring (bicyclic) bond motifs is 1. The molecule has 35 heavy (non-hydrogen) atoms. The molecule has 0 unspecified atom stereocenters. The third-order valence-electron chi connectivity index (χ3n) is 5.76. The summed E-state index contributed by atoms with van der Waals surface area (Å²) in [5, 5.41) is 7.36. The number of nitrogens with zero attached hydrogens (tertiary/aromatic N) is 3. The van der Waals surface area contributed by atoms with E-state index in [4.69, 9.17) is 4.99 Å². The SMILES string of the molecule is C=CC(=O)Nc1ccc(N(C)C[C@@H](CC)NC(=NC)N=C(C(=C)C)c2c[nH]c3ccccc23)cc1. The minimum absolute atomic E-state index is 0.122. The molecule has 182 valence electrons. The van der Waals surface area contributed by atoms with E-state index < -0.39 is 0 Å². The van der Waals surface area contributed by atoms with Gasteiger partial charge in [0.1, 0.15) is 0 Å². The number of rotatable bonds is 9. The molecule has 7 nitrogen and oxygen atoms in total. The standard InChI is InChI=1S/C28H34N6O/c1-7-20(18-34(6)22-15-13-21(14-16-22)31-26(35)8-2)32-28(29-5)33-27(19(3)4)24-17-30-25-12-10-9-11-23(24)25/h8-17,20,30H,2-3,7,18H2,1,4-6H3,(H,29,32)(H,31,35)/t20-/m1/s1. The molecule has 3 rings (SSSR count). The van der Waals surface area contributed by atoms with Crippen molar-refractivity contribution >= 4 is 39.9 Å². The van der Waals surface area contributed by atoms with Gasteiger partial charge in [-0.1, -0.05) is 38.3 Å². The van der Waals surface area contributed by atoms with Crippen LogP contribution in [0.15, 0.2) is 89.5 Å². The minimum Gasteiger partial charge on any atom is -0.373 e. The number of allylic oxidation sites excluding steroid dienone is 1. The Labute approximate surface area is 207 Å². The van der Waals surface area contributed by atoms with Gasteiger partial charge >= 0.3 is 0 Å². The molecule has 1 atom stereocenters. The first-order valence-electron chi connectivity index (χ1n) is 11.6. The highest BCUT2D eigenvalue weighted by Crippen LogP contribution is 2.21. The second-order valence-electron chi connectivity index (χ2n) is 8.41. The Bertz CT molecular complexity index is 1250. The average Bonchev–Trinajstić information content (AvgIpc) is 3.29. The molecule has 2 aromatic carbocycles. The van der Waals surface area contributed by atoms with Gasteiger partial charge in [-0.3, -0.25) is 9.79 Å². The number of likely N-dealkylation sites (N-methyl/N-ethyl adjacent to an activating group) is 1. The summed E-state index contributed by atoms with van der Waals surface area (Å²) in [6, 6.07) is 16.0. The van der Waals surface area contributed by atoms with Crippen molar-refractivity contribution in [3.63, 3.8) is 0 Å². The fraction of sp³-hybridized carbons (Fsp3) is 0.250. The molecule has 0 bridgehead atoms. The second-order valence-corrected chi connectivity index (χ2v) is 8.41. The first kappa shape index (κ1) is 25.5. The maximum Gasteiger partial charge on any atom is 0.247 e. The molecule has 0 spiro atoms. The normalized spacial score (nSPS) is 12.8. The van der Waals surface area contributed by atoms with Gasteiger partial charge < -0.3 is 20.5 Å². The molecule has 0 radical (unpaired) electrons. The van der Waals surface area contributed by atoms with E-state index in [9.17, 15) is 4.79 Å². The van der Waals surface area contributed by atoms with Crippen LogP contribution < -0.4 is 15.5 Å². The number of guanidine groups is 1. The van der Waals surface area contributed by atoms with Crippen LogP contribution in [0.4, 0.5) is 11.4 Å². The number of benzene rings is 2. The lowest BCUT2D eigenvalue weighted by Gasteiger charge is -2.26. The predicted molar refractivity (Wildman–Crippen MR) is 149 cm³/mol. The van der Waals surface area contributed by atoms with Crippen molar-refractivity contribution in [3.8, 4) is 0 Å². The number of aromatic nitrogens is 1. The van der Waals surface area contributed by atoms with Crippen molar-refractivity contribution < 1.29 is 4.79 Å². The lowest BCUT2D eigenvalue weighted by Crippen LogP contribution is -2.42. The molecule has 3 aromatic rings. The number of aromatic amines is 1. The summed E-state index contributed by atoms with van der Waals surface area (Å²) in [5.41, 5.74) is 5.51. The molecule has 0 saturated carbocycles. The van der Waals surface area contributed by atoms with Gasteiger partial charge in [-0.25, -0.2) is 4.99 Å². The summed E-state index contributed by atoms with van der Waals surface area (Å²) in [6.45, 7) is 12.5. The second kappa shape index (κ2) is 11.8. The molecule has 0 aliphatic heterocycles. The van der Waals surface area contributed by atoms with E-state index in [1.807, 2.05) is 62.6 Å². The van der Waals surface area contributed by atoms with E-state index in [1.165, 1.54) is 6.08 Å². The van der Waals surface area contributed by atoms with Crippen LogP contribution in [0, 0.1) is 0 Å². The fourth-order valence-electron chi connectivity index (χ4n) is 3.79. The Balaban J connectivity index is 1.74. The number of hydrogen-bond donors (Lipinski definition) is 3. The lowest BCUT2D eigenvalue weighted by molar-refractivity contribution is -0.111. The number of aliphatic imine (C=N–C) groups is 2. The number of hydrogen-bond acceptors (Lipinski definition) is 3. The van der Waals surface area contributed by atoms with Gasteiger partial charge in [0.15, 0.2) is 0 Å². The zero-order valence-corrected chi connectivity index (χ0v) is 20.9. The number of para-hydroxylation sites is 1. The minimum atomic E-state index is -0.227. The monoisotopic (exact) mass is 470 g/mol. The number of carbonyl (C=O) groups excluding carboxylic acids is 1. The van der Waals surface area contributed by atoms with Gasteiger partial charge in [0.25, 0.3) is 0 Å². The molecular weight excluding hydrogens is 436 g/mol. The van der Waals surface area contributed by atoms with Crippen LogP contribution in [0.25, 0.3) is 10.9 Å². The van der Waals surface area contributed by atoms with Crippen LogP contribution >= 0.6 is 0 Å². The maximum absolute atomic E-state index is 11.5. The van der Waals surface area contributed by atoms with Gasteiger partial charge in [-0.2, -0.15) is 0 Å². The topological polar surface area (TPSA) is 84.9 Å². The molecule has 0 aliphatic rings. The molecule has 3 N–H and O–H groups in total. The van der Waals surface area contributed by atoms with E-state index in [1.54, 1.807) is 7.05 Å². The van der Waals surface area contributed by atoms with Crippen molar-refractivity contribution in [2.75, 3.05) is 30.9 Å². The molecular formula is C28H34N6O. The van der Waals surface area contributed by atoms with E-state index in [0.717, 1.165) is 52.1 Å². The summed E-state index contributed by atoms with van der Waals surface area (Å²) < 4.78 is 0. The summed E-state index contributed by atoms with van der Waals surface area (Å²) in [4.78, 5) is 26.3. The van der Waals surface area contributed by atoms with Gasteiger partial charge in [0, 0.05) is 60.7 Å². The van der Waals surface area contributed by atoms with Crippen molar-refractivity contribution in [3.05, 3.63) is 85.1 Å². The quantitative estimate of drug-likeness (QED) is 0.230. The molecule has 1 heterocycles. The molecule has 0 saturated heterocycles. The average molecular weight is 471 g/mol. The zero-order chi connectivity index (χ0) is 25.4. The van der Waals surface area contributed by atoms with Crippen LogP contribution in [0.2, 0.25) is 0 Å². The van der Waals surface area contributed by atoms with Crippen LogP contribution in [-0.2, 0) is 4.79 Å². The van der Waals surface area contributed by atoms with E-state index in [-0.39, 0.29) is 11.9 Å². The van der Waals surface area contributed by atoms with Gasteiger partial charge in [-0.05, 0) is 55.3 Å². The zero-order valence-electron chi connectivity index (χ0n) is 20.9. The molecule has 1 aromatic heterocycles. The van der Waals surface area contributed by atoms with Crippen LogP contribution in [0.5, 0.6) is 0 Å². The van der Waals surface area contributed by atoms with Gasteiger partial charge in [0.2, 0.25) is 11.9 Å². The molecule has 0 aliphatic carbocycles. The third kappa shape index (κ3) is 6.47. The first-order valence-corrected chi connectivity index (χ1v) is 11.6. The summed E-state index contributed by atoms with van der Waals surface area (Å²) in [6.07, 6.45) is 4.12. The molecule has 0 fully saturated rings. The van der Waals surface area contributed by atoms with Crippen LogP contribution in [0.1, 0.15) is 25.8 Å². The van der Waals surface area contributed by atoms with Gasteiger partial charge in [0.05, 0.1) is 5.71 Å². The summed E-state index contributed by atoms with van der Waals surface area (Å²) >= 11 is 0. The van der Waals surface area contributed by atoms with Crippen molar-refractivity contribution in [1.82, 2.24) is 10.3 Å². The van der Waals surface area contributed by atoms with Crippen LogP contribution in [-0.4, -0.2) is 49.2 Å². The predicted octanol–water partition coefficient (Wildman–Crippen LogP) is 5.15. The van der Waals surface area contributed by atoms with Gasteiger partial charge in [-0.15, -0.1) is 0 Å². The van der Waals surface area contributed by atoms with Crippen molar-refractivity contribution in [1.29, 1.82) is 0 Å². The highest BCUT2D eigenvalue weighted by atomic mass is 16.1. The number of H-pyrrole nitrogens is 1. The largest absolute Gasteiger partial charge is 0.373 e.